The van der Waals surface area contributed by atoms with Crippen LogP contribution in [0.15, 0.2) is 10.5 Å². The monoisotopic (exact) mass is 265 g/mol. The normalized spacial score (nSPS) is 16.7. The zero-order chi connectivity index (χ0) is 13.7. The van der Waals surface area contributed by atoms with Gasteiger partial charge < -0.3 is 14.8 Å². The van der Waals surface area contributed by atoms with Crippen LogP contribution in [0.2, 0.25) is 0 Å². The average Bonchev–Trinajstić information content (AvgIpc) is 2.77. The number of rotatable bonds is 6. The molecule has 1 heterocycles. The van der Waals surface area contributed by atoms with Crippen LogP contribution in [0.4, 0.5) is 0 Å². The summed E-state index contributed by atoms with van der Waals surface area (Å²) in [4.78, 5) is 10.9. The summed E-state index contributed by atoms with van der Waals surface area (Å²) in [5, 5.41) is 12.2. The highest BCUT2D eigenvalue weighted by atomic mass is 16.4. The van der Waals surface area contributed by atoms with Gasteiger partial charge in [0.15, 0.2) is 0 Å². The Hall–Kier alpha value is -1.29. The summed E-state index contributed by atoms with van der Waals surface area (Å²) in [7, 11) is 0. The molecule has 0 bridgehead atoms. The lowest BCUT2D eigenvalue weighted by molar-refractivity contribution is 0.0659. The Morgan fingerprint density at radius 2 is 2.16 bits per heavy atom. The first-order valence-corrected chi connectivity index (χ1v) is 7.20. The Morgan fingerprint density at radius 3 is 2.79 bits per heavy atom. The van der Waals surface area contributed by atoms with Crippen molar-refractivity contribution in [2.75, 3.05) is 6.54 Å². The van der Waals surface area contributed by atoms with Gasteiger partial charge in [-0.15, -0.1) is 0 Å². The van der Waals surface area contributed by atoms with Crippen LogP contribution in [-0.2, 0) is 6.54 Å². The van der Waals surface area contributed by atoms with Crippen LogP contribution in [0, 0.1) is 12.8 Å². The first kappa shape index (κ1) is 14.1. The number of aryl methyl sites for hydroxylation is 1. The van der Waals surface area contributed by atoms with E-state index in [0.717, 1.165) is 12.5 Å². The SMILES string of the molecule is Cc1cc(CNCCC2CCCCC2)oc1C(=O)O. The Morgan fingerprint density at radius 1 is 1.42 bits per heavy atom. The fourth-order valence-electron chi connectivity index (χ4n) is 2.84. The summed E-state index contributed by atoms with van der Waals surface area (Å²) < 4.78 is 5.31. The number of carbonyl (C=O) groups is 1. The van der Waals surface area contributed by atoms with E-state index < -0.39 is 5.97 Å². The van der Waals surface area contributed by atoms with E-state index in [4.69, 9.17) is 9.52 Å². The average molecular weight is 265 g/mol. The molecule has 0 spiro atoms. The third-order valence-electron chi connectivity index (χ3n) is 3.92. The maximum atomic E-state index is 10.9. The van der Waals surface area contributed by atoms with E-state index in [9.17, 15) is 4.79 Å². The zero-order valence-electron chi connectivity index (χ0n) is 11.6. The Kier molecular flexibility index (Phi) is 5.02. The molecule has 19 heavy (non-hydrogen) atoms. The highest BCUT2D eigenvalue weighted by Gasteiger charge is 2.15. The first-order chi connectivity index (χ1) is 9.16. The largest absolute Gasteiger partial charge is 0.475 e. The molecule has 0 aliphatic heterocycles. The molecule has 1 fully saturated rings. The summed E-state index contributed by atoms with van der Waals surface area (Å²) in [6, 6.07) is 1.80. The van der Waals surface area contributed by atoms with Crippen molar-refractivity contribution in [3.8, 4) is 0 Å². The zero-order valence-corrected chi connectivity index (χ0v) is 11.6. The number of carboxylic acids is 1. The van der Waals surface area contributed by atoms with Gasteiger partial charge in [0.05, 0.1) is 6.54 Å². The van der Waals surface area contributed by atoms with Crippen LogP contribution < -0.4 is 5.32 Å². The van der Waals surface area contributed by atoms with Crippen molar-refractivity contribution in [3.63, 3.8) is 0 Å². The molecule has 1 aliphatic carbocycles. The van der Waals surface area contributed by atoms with E-state index in [2.05, 4.69) is 5.32 Å². The minimum absolute atomic E-state index is 0.0593. The summed E-state index contributed by atoms with van der Waals surface area (Å²) in [6.07, 6.45) is 8.10. The Balaban J connectivity index is 1.70. The van der Waals surface area contributed by atoms with E-state index in [1.165, 1.54) is 38.5 Å². The molecule has 2 rings (SSSR count). The molecule has 0 amide bonds. The molecule has 1 aliphatic rings. The minimum atomic E-state index is -0.994. The predicted molar refractivity (Wildman–Crippen MR) is 73.3 cm³/mol. The van der Waals surface area contributed by atoms with Crippen molar-refractivity contribution < 1.29 is 14.3 Å². The van der Waals surface area contributed by atoms with Gasteiger partial charge in [0, 0.05) is 5.56 Å². The maximum absolute atomic E-state index is 10.9. The molecule has 0 unspecified atom stereocenters. The summed E-state index contributed by atoms with van der Waals surface area (Å²) in [5.74, 6) is 0.641. The van der Waals surface area contributed by atoms with Crippen molar-refractivity contribution in [1.82, 2.24) is 5.32 Å². The summed E-state index contributed by atoms with van der Waals surface area (Å²) >= 11 is 0. The Labute approximate surface area is 114 Å². The first-order valence-electron chi connectivity index (χ1n) is 7.20. The predicted octanol–water partition coefficient (Wildman–Crippen LogP) is 3.35. The second kappa shape index (κ2) is 6.75. The number of hydrogen-bond acceptors (Lipinski definition) is 3. The maximum Gasteiger partial charge on any atom is 0.372 e. The van der Waals surface area contributed by atoms with Gasteiger partial charge in [0.2, 0.25) is 5.76 Å². The van der Waals surface area contributed by atoms with Gasteiger partial charge in [0.1, 0.15) is 5.76 Å². The number of aromatic carboxylic acids is 1. The second-order valence-corrected chi connectivity index (χ2v) is 5.50. The van der Waals surface area contributed by atoms with E-state index in [1.54, 1.807) is 13.0 Å². The lowest BCUT2D eigenvalue weighted by atomic mass is 9.87. The molecule has 0 atom stereocenters. The lowest BCUT2D eigenvalue weighted by Crippen LogP contribution is -2.18. The molecule has 4 heteroatoms. The van der Waals surface area contributed by atoms with Crippen LogP contribution in [-0.4, -0.2) is 17.6 Å². The van der Waals surface area contributed by atoms with Gasteiger partial charge in [-0.05, 0) is 31.9 Å². The van der Waals surface area contributed by atoms with E-state index in [0.29, 0.717) is 17.9 Å². The molecule has 0 saturated heterocycles. The fraction of sp³-hybridized carbons (Fsp3) is 0.667. The molecule has 2 N–H and O–H groups in total. The molecule has 0 aromatic carbocycles. The third-order valence-corrected chi connectivity index (χ3v) is 3.92. The number of nitrogens with one attached hydrogen (secondary N) is 1. The smallest absolute Gasteiger partial charge is 0.372 e. The highest BCUT2D eigenvalue weighted by Crippen LogP contribution is 2.25. The van der Waals surface area contributed by atoms with Gasteiger partial charge in [-0.25, -0.2) is 4.79 Å². The fourth-order valence-corrected chi connectivity index (χ4v) is 2.84. The van der Waals surface area contributed by atoms with Gasteiger partial charge in [-0.3, -0.25) is 0 Å². The van der Waals surface area contributed by atoms with E-state index >= 15 is 0 Å². The van der Waals surface area contributed by atoms with Gasteiger partial charge >= 0.3 is 5.97 Å². The number of carboxylic acid groups (broad SMARTS) is 1. The highest BCUT2D eigenvalue weighted by molar-refractivity contribution is 5.86. The quantitative estimate of drug-likeness (QED) is 0.774. The number of furan rings is 1. The van der Waals surface area contributed by atoms with Crippen molar-refractivity contribution >= 4 is 5.97 Å². The second-order valence-electron chi connectivity index (χ2n) is 5.50. The summed E-state index contributed by atoms with van der Waals surface area (Å²) in [5.41, 5.74) is 0.691. The summed E-state index contributed by atoms with van der Waals surface area (Å²) in [6.45, 7) is 3.35. The van der Waals surface area contributed by atoms with Gasteiger partial charge in [0.25, 0.3) is 0 Å². The Bertz CT molecular complexity index is 419. The van der Waals surface area contributed by atoms with Crippen molar-refractivity contribution in [3.05, 3.63) is 23.2 Å². The lowest BCUT2D eigenvalue weighted by Gasteiger charge is -2.21. The molecular formula is C15H23NO3. The molecular weight excluding hydrogens is 242 g/mol. The van der Waals surface area contributed by atoms with Gasteiger partial charge in [-0.2, -0.15) is 0 Å². The minimum Gasteiger partial charge on any atom is -0.475 e. The van der Waals surface area contributed by atoms with Crippen molar-refractivity contribution in [2.24, 2.45) is 5.92 Å². The van der Waals surface area contributed by atoms with Crippen LogP contribution in [0.3, 0.4) is 0 Å². The van der Waals surface area contributed by atoms with Crippen LogP contribution in [0.1, 0.15) is 60.4 Å². The van der Waals surface area contributed by atoms with E-state index in [-0.39, 0.29) is 5.76 Å². The molecule has 4 nitrogen and oxygen atoms in total. The van der Waals surface area contributed by atoms with Crippen LogP contribution in [0.5, 0.6) is 0 Å². The molecule has 1 saturated carbocycles. The number of hydrogen-bond donors (Lipinski definition) is 2. The van der Waals surface area contributed by atoms with Crippen LogP contribution in [0.25, 0.3) is 0 Å². The third kappa shape index (κ3) is 4.10. The van der Waals surface area contributed by atoms with Crippen molar-refractivity contribution in [2.45, 2.75) is 52.0 Å². The van der Waals surface area contributed by atoms with Crippen LogP contribution >= 0.6 is 0 Å². The van der Waals surface area contributed by atoms with E-state index in [1.807, 2.05) is 0 Å². The topological polar surface area (TPSA) is 62.5 Å². The molecule has 1 aromatic rings. The molecule has 106 valence electrons. The van der Waals surface area contributed by atoms with Crippen molar-refractivity contribution in [1.29, 1.82) is 0 Å². The standard InChI is InChI=1S/C15H23NO3/c1-11-9-13(19-14(11)15(17)18)10-16-8-7-12-5-3-2-4-6-12/h9,12,16H,2-8,10H2,1H3,(H,17,18). The molecule has 0 radical (unpaired) electrons. The van der Waals surface area contributed by atoms with Gasteiger partial charge in [-0.1, -0.05) is 32.1 Å². The molecule has 1 aromatic heterocycles.